The summed E-state index contributed by atoms with van der Waals surface area (Å²) >= 11 is 0. The zero-order valence-electron chi connectivity index (χ0n) is 18.6. The summed E-state index contributed by atoms with van der Waals surface area (Å²) in [5, 5.41) is 13.8. The number of nitrogens with one attached hydrogen (secondary N) is 1. The van der Waals surface area contributed by atoms with Crippen LogP contribution < -0.4 is 14.2 Å². The van der Waals surface area contributed by atoms with E-state index in [1.807, 2.05) is 30.3 Å². The van der Waals surface area contributed by atoms with Crippen LogP contribution in [-0.2, 0) is 14.9 Å². The average Bonchev–Trinajstić information content (AvgIpc) is 2.88. The van der Waals surface area contributed by atoms with Gasteiger partial charge in [-0.2, -0.15) is 13.7 Å². The molecule has 4 aromatic carbocycles. The Balaban J connectivity index is 1.50. The summed E-state index contributed by atoms with van der Waals surface area (Å²) in [6.07, 6.45) is 1.40. The largest absolute Gasteiger partial charge is 0.495 e. The quantitative estimate of drug-likeness (QED) is 0.221. The number of benzene rings is 4. The Hall–Kier alpha value is -4.61. The standard InChI is InChI=1S/C27H20N2O5S/c1-33-26-9-5-4-8-25(26)29-27(30)22(18-28)16-19-10-13-23(14-11-19)34-35(31,32)24-15-12-20-6-2-3-7-21(20)17-24/h2-17H,1H3,(H,29,30)/b22-16+. The molecule has 1 amide bonds. The van der Waals surface area contributed by atoms with E-state index in [1.165, 1.54) is 31.4 Å². The number of nitriles is 1. The maximum Gasteiger partial charge on any atom is 0.339 e. The van der Waals surface area contributed by atoms with Gasteiger partial charge in [0.05, 0.1) is 12.8 Å². The van der Waals surface area contributed by atoms with E-state index in [0.29, 0.717) is 17.0 Å². The van der Waals surface area contributed by atoms with E-state index in [-0.39, 0.29) is 16.2 Å². The lowest BCUT2D eigenvalue weighted by atomic mass is 10.1. The van der Waals surface area contributed by atoms with Crippen molar-refractivity contribution in [2.45, 2.75) is 4.90 Å². The molecule has 0 unspecified atom stereocenters. The molecule has 0 heterocycles. The van der Waals surface area contributed by atoms with Gasteiger partial charge in [0, 0.05) is 0 Å². The summed E-state index contributed by atoms with van der Waals surface area (Å²) in [5.74, 6) is -0.0317. The number of methoxy groups -OCH3 is 1. The van der Waals surface area contributed by atoms with Gasteiger partial charge in [-0.25, -0.2) is 0 Å². The van der Waals surface area contributed by atoms with Crippen LogP contribution in [-0.4, -0.2) is 21.4 Å². The number of carbonyl (C=O) groups excluding carboxylic acids is 1. The molecule has 0 fully saturated rings. The van der Waals surface area contributed by atoms with Crippen LogP contribution in [0, 0.1) is 11.3 Å². The van der Waals surface area contributed by atoms with Crippen LogP contribution in [0.1, 0.15) is 5.56 Å². The molecule has 0 aliphatic rings. The van der Waals surface area contributed by atoms with Crippen LogP contribution in [0.4, 0.5) is 5.69 Å². The molecule has 0 aromatic heterocycles. The first-order valence-electron chi connectivity index (χ1n) is 10.5. The van der Waals surface area contributed by atoms with Gasteiger partial charge in [0.1, 0.15) is 28.0 Å². The highest BCUT2D eigenvalue weighted by Crippen LogP contribution is 2.25. The van der Waals surface area contributed by atoms with Crippen LogP contribution in [0.25, 0.3) is 16.8 Å². The zero-order valence-corrected chi connectivity index (χ0v) is 19.5. The lowest BCUT2D eigenvalue weighted by molar-refractivity contribution is -0.112. The molecule has 0 radical (unpaired) electrons. The molecule has 4 aromatic rings. The highest BCUT2D eigenvalue weighted by molar-refractivity contribution is 7.87. The first kappa shape index (κ1) is 23.5. The van der Waals surface area contributed by atoms with Crippen LogP contribution in [0.5, 0.6) is 11.5 Å². The molecule has 35 heavy (non-hydrogen) atoms. The van der Waals surface area contributed by atoms with Crippen molar-refractivity contribution in [3.05, 3.63) is 102 Å². The summed E-state index contributed by atoms with van der Waals surface area (Å²) in [6, 6.07) is 26.9. The van der Waals surface area contributed by atoms with Crippen molar-refractivity contribution in [2.24, 2.45) is 0 Å². The third-order valence-electron chi connectivity index (χ3n) is 5.13. The normalized spacial score (nSPS) is 11.5. The second kappa shape index (κ2) is 10.1. The number of para-hydroxylation sites is 2. The van der Waals surface area contributed by atoms with Gasteiger partial charge in [0.15, 0.2) is 0 Å². The minimum Gasteiger partial charge on any atom is -0.495 e. The van der Waals surface area contributed by atoms with Gasteiger partial charge in [0.2, 0.25) is 0 Å². The minimum absolute atomic E-state index is 0.0416. The monoisotopic (exact) mass is 484 g/mol. The number of hydrogen-bond donors (Lipinski definition) is 1. The fourth-order valence-corrected chi connectivity index (χ4v) is 4.34. The molecule has 174 valence electrons. The highest BCUT2D eigenvalue weighted by atomic mass is 32.2. The van der Waals surface area contributed by atoms with E-state index in [2.05, 4.69) is 5.32 Å². The predicted molar refractivity (Wildman–Crippen MR) is 133 cm³/mol. The van der Waals surface area contributed by atoms with Gasteiger partial charge in [-0.3, -0.25) is 4.79 Å². The van der Waals surface area contributed by atoms with Gasteiger partial charge in [-0.15, -0.1) is 0 Å². The van der Waals surface area contributed by atoms with E-state index in [4.69, 9.17) is 8.92 Å². The van der Waals surface area contributed by atoms with Crippen molar-refractivity contribution in [1.29, 1.82) is 5.26 Å². The van der Waals surface area contributed by atoms with Crippen LogP contribution >= 0.6 is 0 Å². The van der Waals surface area contributed by atoms with Gasteiger partial charge in [-0.05, 0) is 58.8 Å². The summed E-state index contributed by atoms with van der Waals surface area (Å²) < 4.78 is 35.9. The molecular weight excluding hydrogens is 464 g/mol. The molecule has 0 saturated carbocycles. The number of fused-ring (bicyclic) bond motifs is 1. The average molecular weight is 485 g/mol. The number of carbonyl (C=O) groups is 1. The molecule has 0 aliphatic heterocycles. The summed E-state index contributed by atoms with van der Waals surface area (Å²) in [6.45, 7) is 0. The van der Waals surface area contributed by atoms with E-state index >= 15 is 0 Å². The Kier molecular flexibility index (Phi) is 6.81. The number of amides is 1. The molecule has 0 bridgehead atoms. The van der Waals surface area contributed by atoms with Crippen molar-refractivity contribution in [1.82, 2.24) is 0 Å². The highest BCUT2D eigenvalue weighted by Gasteiger charge is 2.17. The molecular formula is C27H20N2O5S. The number of ether oxygens (including phenoxy) is 1. The van der Waals surface area contributed by atoms with Gasteiger partial charge < -0.3 is 14.2 Å². The number of hydrogen-bond acceptors (Lipinski definition) is 6. The first-order valence-corrected chi connectivity index (χ1v) is 11.9. The Labute approximate surface area is 203 Å². The van der Waals surface area contributed by atoms with E-state index in [9.17, 15) is 18.5 Å². The fraction of sp³-hybridized carbons (Fsp3) is 0.0370. The van der Waals surface area contributed by atoms with Crippen molar-refractivity contribution in [3.8, 4) is 17.6 Å². The Morgan fingerprint density at radius 1 is 0.914 bits per heavy atom. The van der Waals surface area contributed by atoms with Gasteiger partial charge in [0.25, 0.3) is 5.91 Å². The third kappa shape index (κ3) is 5.49. The summed E-state index contributed by atoms with van der Waals surface area (Å²) in [5.41, 5.74) is 0.823. The van der Waals surface area contributed by atoms with Crippen LogP contribution in [0.15, 0.2) is 101 Å². The number of anilines is 1. The Bertz CT molecular complexity index is 1570. The molecule has 0 spiro atoms. The van der Waals surface area contributed by atoms with Gasteiger partial charge >= 0.3 is 10.1 Å². The topological polar surface area (TPSA) is 105 Å². The van der Waals surface area contributed by atoms with Crippen molar-refractivity contribution in [2.75, 3.05) is 12.4 Å². The second-order valence-corrected chi connectivity index (χ2v) is 8.99. The molecule has 0 atom stereocenters. The molecule has 0 aliphatic carbocycles. The van der Waals surface area contributed by atoms with E-state index < -0.39 is 16.0 Å². The van der Waals surface area contributed by atoms with Gasteiger partial charge in [-0.1, -0.05) is 54.6 Å². The zero-order chi connectivity index (χ0) is 24.8. The maximum absolute atomic E-state index is 12.7. The fourth-order valence-electron chi connectivity index (χ4n) is 3.37. The smallest absolute Gasteiger partial charge is 0.339 e. The third-order valence-corrected chi connectivity index (χ3v) is 6.37. The Morgan fingerprint density at radius 3 is 2.31 bits per heavy atom. The number of nitrogens with zero attached hydrogens (tertiary/aromatic N) is 1. The summed E-state index contributed by atoms with van der Waals surface area (Å²) in [4.78, 5) is 12.6. The van der Waals surface area contributed by atoms with Crippen molar-refractivity contribution in [3.63, 3.8) is 0 Å². The van der Waals surface area contributed by atoms with Crippen LogP contribution in [0.2, 0.25) is 0 Å². The lowest BCUT2D eigenvalue weighted by Gasteiger charge is -2.09. The predicted octanol–water partition coefficient (Wildman–Crippen LogP) is 5.16. The van der Waals surface area contributed by atoms with Crippen LogP contribution in [0.3, 0.4) is 0 Å². The lowest BCUT2D eigenvalue weighted by Crippen LogP contribution is -2.14. The molecule has 8 heteroatoms. The first-order chi connectivity index (χ1) is 16.9. The summed E-state index contributed by atoms with van der Waals surface area (Å²) in [7, 11) is -2.56. The van der Waals surface area contributed by atoms with Crippen molar-refractivity contribution < 1.29 is 22.1 Å². The SMILES string of the molecule is COc1ccccc1NC(=O)/C(C#N)=C/c1ccc(OS(=O)(=O)c2ccc3ccccc3c2)cc1. The van der Waals surface area contributed by atoms with E-state index in [1.54, 1.807) is 48.5 Å². The van der Waals surface area contributed by atoms with E-state index in [0.717, 1.165) is 10.8 Å². The minimum atomic E-state index is -4.04. The van der Waals surface area contributed by atoms with Crippen molar-refractivity contribution >= 4 is 38.6 Å². The molecule has 0 saturated heterocycles. The molecule has 7 nitrogen and oxygen atoms in total. The Morgan fingerprint density at radius 2 is 1.60 bits per heavy atom. The molecule has 1 N–H and O–H groups in total. The maximum atomic E-state index is 12.7. The molecule has 4 rings (SSSR count). The number of rotatable bonds is 7. The second-order valence-electron chi connectivity index (χ2n) is 7.44.